The number of rotatable bonds is 8. The van der Waals surface area contributed by atoms with Crippen LogP contribution in [0.25, 0.3) is 6.08 Å². The molecule has 0 fully saturated rings. The van der Waals surface area contributed by atoms with Crippen molar-refractivity contribution in [2.45, 2.75) is 46.5 Å². The Labute approximate surface area is 123 Å². The molecule has 0 atom stereocenters. The van der Waals surface area contributed by atoms with Crippen molar-refractivity contribution in [3.05, 3.63) is 41.5 Å². The van der Waals surface area contributed by atoms with E-state index >= 15 is 0 Å². The van der Waals surface area contributed by atoms with Gasteiger partial charge in [-0.05, 0) is 37.0 Å². The van der Waals surface area contributed by atoms with Gasteiger partial charge in [0, 0.05) is 19.2 Å². The molecule has 0 aliphatic heterocycles. The van der Waals surface area contributed by atoms with E-state index in [0.29, 0.717) is 0 Å². The molecule has 0 aliphatic rings. The topological polar surface area (TPSA) is 20.3 Å². The average Bonchev–Trinajstić information content (AvgIpc) is 2.46. The molecule has 1 aromatic rings. The van der Waals surface area contributed by atoms with Gasteiger partial charge < -0.3 is 4.90 Å². The molecule has 0 radical (unpaired) electrons. The number of hydrogen-bond acceptors (Lipinski definition) is 1. The Bertz CT molecular complexity index is 429. The molecule has 2 heteroatoms. The molecule has 2 nitrogen and oxygen atoms in total. The number of amides is 1. The highest BCUT2D eigenvalue weighted by atomic mass is 16.2. The largest absolute Gasteiger partial charge is 0.339 e. The summed E-state index contributed by atoms with van der Waals surface area (Å²) in [5, 5.41) is 0. The molecule has 0 aliphatic carbocycles. The van der Waals surface area contributed by atoms with E-state index in [1.54, 1.807) is 6.08 Å². The summed E-state index contributed by atoms with van der Waals surface area (Å²) in [5.41, 5.74) is 2.32. The van der Waals surface area contributed by atoms with E-state index in [-0.39, 0.29) is 5.91 Å². The monoisotopic (exact) mass is 273 g/mol. The van der Waals surface area contributed by atoms with Crippen molar-refractivity contribution in [2.75, 3.05) is 13.1 Å². The molecule has 0 aromatic heterocycles. The van der Waals surface area contributed by atoms with Crippen molar-refractivity contribution in [3.63, 3.8) is 0 Å². The van der Waals surface area contributed by atoms with Crippen LogP contribution in [-0.2, 0) is 4.79 Å². The Morgan fingerprint density at radius 1 is 1.10 bits per heavy atom. The van der Waals surface area contributed by atoms with Crippen LogP contribution in [0.2, 0.25) is 0 Å². The van der Waals surface area contributed by atoms with E-state index in [9.17, 15) is 4.79 Å². The van der Waals surface area contributed by atoms with Gasteiger partial charge in [0.25, 0.3) is 0 Å². The van der Waals surface area contributed by atoms with Crippen LogP contribution in [0.4, 0.5) is 0 Å². The molecule has 0 unspecified atom stereocenters. The summed E-state index contributed by atoms with van der Waals surface area (Å²) in [6.45, 7) is 8.12. The summed E-state index contributed by atoms with van der Waals surface area (Å²) < 4.78 is 0. The number of nitrogens with zero attached hydrogens (tertiary/aromatic N) is 1. The van der Waals surface area contributed by atoms with Crippen LogP contribution < -0.4 is 0 Å². The van der Waals surface area contributed by atoms with Crippen LogP contribution in [-0.4, -0.2) is 23.9 Å². The first-order valence-electron chi connectivity index (χ1n) is 7.71. The molecule has 1 amide bonds. The van der Waals surface area contributed by atoms with E-state index in [2.05, 4.69) is 26.8 Å². The zero-order chi connectivity index (χ0) is 14.8. The lowest BCUT2D eigenvalue weighted by Crippen LogP contribution is -2.31. The predicted molar refractivity (Wildman–Crippen MR) is 86.6 cm³/mol. The first kappa shape index (κ1) is 16.5. The highest BCUT2D eigenvalue weighted by Crippen LogP contribution is 2.09. The second-order valence-corrected chi connectivity index (χ2v) is 5.22. The molecule has 20 heavy (non-hydrogen) atoms. The highest BCUT2D eigenvalue weighted by Gasteiger charge is 2.09. The van der Waals surface area contributed by atoms with Gasteiger partial charge in [-0.3, -0.25) is 4.79 Å². The van der Waals surface area contributed by atoms with Gasteiger partial charge in [0.15, 0.2) is 0 Å². The van der Waals surface area contributed by atoms with E-state index in [1.165, 1.54) is 5.56 Å². The third-order valence-corrected chi connectivity index (χ3v) is 3.47. The van der Waals surface area contributed by atoms with Crippen molar-refractivity contribution >= 4 is 12.0 Å². The molecular formula is C18H27NO. The minimum Gasteiger partial charge on any atom is -0.339 e. The maximum atomic E-state index is 12.3. The van der Waals surface area contributed by atoms with Crippen LogP contribution in [0.15, 0.2) is 30.3 Å². The highest BCUT2D eigenvalue weighted by molar-refractivity contribution is 5.91. The van der Waals surface area contributed by atoms with E-state index in [4.69, 9.17) is 0 Å². The second kappa shape index (κ2) is 9.35. The van der Waals surface area contributed by atoms with Gasteiger partial charge in [0.05, 0.1) is 0 Å². The molecule has 0 spiro atoms. The van der Waals surface area contributed by atoms with Crippen molar-refractivity contribution in [1.82, 2.24) is 4.90 Å². The lowest BCUT2D eigenvalue weighted by atomic mass is 10.1. The Kier molecular flexibility index (Phi) is 7.71. The number of aryl methyl sites for hydroxylation is 1. The summed E-state index contributed by atoms with van der Waals surface area (Å²) in [7, 11) is 0. The van der Waals surface area contributed by atoms with Gasteiger partial charge in [0.2, 0.25) is 5.91 Å². The summed E-state index contributed by atoms with van der Waals surface area (Å²) in [4.78, 5) is 14.3. The van der Waals surface area contributed by atoms with Gasteiger partial charge in [-0.25, -0.2) is 0 Å². The van der Waals surface area contributed by atoms with Gasteiger partial charge >= 0.3 is 0 Å². The normalized spacial score (nSPS) is 10.9. The molecule has 0 saturated heterocycles. The van der Waals surface area contributed by atoms with Gasteiger partial charge in [-0.2, -0.15) is 0 Å². The van der Waals surface area contributed by atoms with Gasteiger partial charge in [-0.1, -0.05) is 51.0 Å². The summed E-state index contributed by atoms with van der Waals surface area (Å²) >= 11 is 0. The number of benzene rings is 1. The van der Waals surface area contributed by atoms with E-state index in [0.717, 1.165) is 44.3 Å². The van der Waals surface area contributed by atoms with Crippen molar-refractivity contribution in [3.8, 4) is 0 Å². The third-order valence-electron chi connectivity index (χ3n) is 3.47. The average molecular weight is 273 g/mol. The number of carbonyl (C=O) groups is 1. The Morgan fingerprint density at radius 2 is 1.70 bits per heavy atom. The van der Waals surface area contributed by atoms with Crippen molar-refractivity contribution in [1.29, 1.82) is 0 Å². The molecular weight excluding hydrogens is 246 g/mol. The van der Waals surface area contributed by atoms with E-state index < -0.39 is 0 Å². The lowest BCUT2D eigenvalue weighted by molar-refractivity contribution is -0.126. The van der Waals surface area contributed by atoms with Crippen LogP contribution in [0.3, 0.4) is 0 Å². The maximum absolute atomic E-state index is 12.3. The maximum Gasteiger partial charge on any atom is 0.246 e. The Balaban J connectivity index is 2.66. The molecule has 0 heterocycles. The number of hydrogen-bond donors (Lipinski definition) is 0. The first-order chi connectivity index (χ1) is 9.69. The van der Waals surface area contributed by atoms with Crippen molar-refractivity contribution in [2.24, 2.45) is 0 Å². The van der Waals surface area contributed by atoms with Gasteiger partial charge in [0.1, 0.15) is 0 Å². The fourth-order valence-electron chi connectivity index (χ4n) is 2.07. The lowest BCUT2D eigenvalue weighted by Gasteiger charge is -2.20. The zero-order valence-corrected chi connectivity index (χ0v) is 13.1. The standard InChI is InChI=1S/C18H27NO/c1-4-6-14-19(15-7-5-2)18(20)13-12-17-11-9-8-10-16(17)3/h8-13H,4-7,14-15H2,1-3H3. The fraction of sp³-hybridized carbons (Fsp3) is 0.500. The SMILES string of the molecule is CCCCN(CCCC)C(=O)C=Cc1ccccc1C. The summed E-state index contributed by atoms with van der Waals surface area (Å²) in [5.74, 6) is 0.134. The third kappa shape index (κ3) is 5.60. The second-order valence-electron chi connectivity index (χ2n) is 5.22. The molecule has 0 N–H and O–H groups in total. The van der Waals surface area contributed by atoms with Crippen LogP contribution >= 0.6 is 0 Å². The molecule has 1 aromatic carbocycles. The van der Waals surface area contributed by atoms with Crippen molar-refractivity contribution < 1.29 is 4.79 Å². The molecule has 0 bridgehead atoms. The predicted octanol–water partition coefficient (Wildman–Crippen LogP) is 4.44. The van der Waals surface area contributed by atoms with Crippen LogP contribution in [0.1, 0.15) is 50.7 Å². The van der Waals surface area contributed by atoms with E-state index in [1.807, 2.05) is 29.2 Å². The zero-order valence-electron chi connectivity index (χ0n) is 13.1. The fourth-order valence-corrected chi connectivity index (χ4v) is 2.07. The van der Waals surface area contributed by atoms with Gasteiger partial charge in [-0.15, -0.1) is 0 Å². The minimum atomic E-state index is 0.134. The minimum absolute atomic E-state index is 0.134. The molecule has 1 rings (SSSR count). The molecule has 110 valence electrons. The number of unbranched alkanes of at least 4 members (excludes halogenated alkanes) is 2. The summed E-state index contributed by atoms with van der Waals surface area (Å²) in [6.07, 6.45) is 8.05. The quantitative estimate of drug-likeness (QED) is 0.641. The van der Waals surface area contributed by atoms with Crippen LogP contribution in [0, 0.1) is 6.92 Å². The molecule has 0 saturated carbocycles. The summed E-state index contributed by atoms with van der Waals surface area (Å²) in [6, 6.07) is 8.13. The number of carbonyl (C=O) groups excluding carboxylic acids is 1. The Morgan fingerprint density at radius 3 is 2.25 bits per heavy atom. The smallest absolute Gasteiger partial charge is 0.246 e. The Hall–Kier alpha value is -1.57. The first-order valence-corrected chi connectivity index (χ1v) is 7.71. The van der Waals surface area contributed by atoms with Crippen LogP contribution in [0.5, 0.6) is 0 Å².